The van der Waals surface area contributed by atoms with Gasteiger partial charge in [-0.05, 0) is 28.7 Å². The first kappa shape index (κ1) is 19.8. The Morgan fingerprint density at radius 3 is 1.96 bits per heavy atom. The normalized spacial score (nSPS) is 23.5. The van der Waals surface area contributed by atoms with Crippen LogP contribution in [0.1, 0.15) is 31.9 Å². The summed E-state index contributed by atoms with van der Waals surface area (Å²) in [5.74, 6) is -4.23. The molecule has 0 aliphatic heterocycles. The molecule has 0 bridgehead atoms. The molecule has 26 heavy (non-hydrogen) atoms. The van der Waals surface area contributed by atoms with E-state index in [-0.39, 0.29) is 5.56 Å². The molecule has 0 radical (unpaired) electrons. The van der Waals surface area contributed by atoms with Crippen molar-refractivity contribution in [1.82, 2.24) is 0 Å². The van der Waals surface area contributed by atoms with Crippen molar-refractivity contribution < 1.29 is 33.0 Å². The van der Waals surface area contributed by atoms with Crippen LogP contribution < -0.4 is 0 Å². The second-order valence-electron chi connectivity index (χ2n) is 7.22. The maximum Gasteiger partial charge on any atom is 0.416 e. The van der Waals surface area contributed by atoms with E-state index in [0.717, 1.165) is 24.3 Å². The summed E-state index contributed by atoms with van der Waals surface area (Å²) in [5, 5.41) is 19.7. The lowest BCUT2D eigenvalue weighted by molar-refractivity contribution is -0.153. The molecule has 0 heterocycles. The predicted octanol–water partition coefficient (Wildman–Crippen LogP) is 4.27. The zero-order chi connectivity index (χ0) is 19.9. The van der Waals surface area contributed by atoms with Crippen molar-refractivity contribution in [3.63, 3.8) is 0 Å². The number of benzene rings is 1. The van der Waals surface area contributed by atoms with E-state index in [4.69, 9.17) is 0 Å². The smallest absolute Gasteiger partial charge is 0.416 e. The van der Waals surface area contributed by atoms with Gasteiger partial charge in [0.05, 0.1) is 11.5 Å². The molecule has 0 spiro atoms. The molecule has 0 fully saturated rings. The number of hydrogen-bond acceptors (Lipinski definition) is 2. The predicted molar refractivity (Wildman–Crippen MR) is 88.6 cm³/mol. The van der Waals surface area contributed by atoms with Crippen LogP contribution in [0.25, 0.3) is 0 Å². The SMILES string of the molecule is CC(C)(C)C1=CC=CC(C(=O)O)C1(C(=O)O)c1ccc(C(F)(F)F)cc1. The van der Waals surface area contributed by atoms with Gasteiger partial charge in [-0.1, -0.05) is 51.1 Å². The Labute approximate surface area is 148 Å². The molecule has 0 amide bonds. The molecule has 7 heteroatoms. The van der Waals surface area contributed by atoms with E-state index >= 15 is 0 Å². The molecule has 2 atom stereocenters. The van der Waals surface area contributed by atoms with Crippen LogP contribution in [0.15, 0.2) is 48.1 Å². The Bertz CT molecular complexity index is 782. The van der Waals surface area contributed by atoms with Gasteiger partial charge in [-0.25, -0.2) is 0 Å². The molecule has 1 aliphatic rings. The quantitative estimate of drug-likeness (QED) is 0.836. The van der Waals surface area contributed by atoms with Gasteiger partial charge >= 0.3 is 18.1 Å². The van der Waals surface area contributed by atoms with Crippen LogP contribution in [-0.4, -0.2) is 22.2 Å². The van der Waals surface area contributed by atoms with Gasteiger partial charge in [0.2, 0.25) is 0 Å². The van der Waals surface area contributed by atoms with Crippen molar-refractivity contribution in [3.8, 4) is 0 Å². The van der Waals surface area contributed by atoms with Crippen molar-refractivity contribution in [1.29, 1.82) is 0 Å². The monoisotopic (exact) mass is 368 g/mol. The third-order valence-corrected chi connectivity index (χ3v) is 4.54. The molecule has 4 nitrogen and oxygen atoms in total. The summed E-state index contributed by atoms with van der Waals surface area (Å²) in [5.41, 5.74) is -3.34. The van der Waals surface area contributed by atoms with Gasteiger partial charge in [-0.15, -0.1) is 0 Å². The van der Waals surface area contributed by atoms with Crippen LogP contribution in [0.4, 0.5) is 13.2 Å². The molecular formula is C19H19F3O4. The fraction of sp³-hybridized carbons (Fsp3) is 0.368. The molecule has 2 N–H and O–H groups in total. The minimum atomic E-state index is -4.57. The molecule has 0 aromatic heterocycles. The van der Waals surface area contributed by atoms with Crippen molar-refractivity contribution in [3.05, 3.63) is 59.2 Å². The Balaban J connectivity index is 2.79. The molecule has 140 valence electrons. The number of rotatable bonds is 3. The summed E-state index contributed by atoms with van der Waals surface area (Å²) >= 11 is 0. The zero-order valence-electron chi connectivity index (χ0n) is 14.5. The number of aliphatic carboxylic acids is 2. The lowest BCUT2D eigenvalue weighted by Gasteiger charge is -2.43. The van der Waals surface area contributed by atoms with Gasteiger partial charge in [0.15, 0.2) is 0 Å². The van der Waals surface area contributed by atoms with Crippen molar-refractivity contribution >= 4 is 11.9 Å². The van der Waals surface area contributed by atoms with Crippen LogP contribution in [0.3, 0.4) is 0 Å². The molecule has 1 aromatic carbocycles. The maximum absolute atomic E-state index is 12.9. The standard InChI is InChI=1S/C19H19F3O4/c1-17(2,3)14-6-4-5-13(15(23)24)18(14,16(25)26)11-7-9-12(10-8-11)19(20,21)22/h4-10,13H,1-3H3,(H,23,24)(H,25,26). The first-order chi connectivity index (χ1) is 11.8. The van der Waals surface area contributed by atoms with Crippen molar-refractivity contribution in [2.75, 3.05) is 0 Å². The summed E-state index contributed by atoms with van der Waals surface area (Å²) in [7, 11) is 0. The topological polar surface area (TPSA) is 74.6 Å². The molecule has 1 aliphatic carbocycles. The Hall–Kier alpha value is -2.57. The number of hydrogen-bond donors (Lipinski definition) is 2. The van der Waals surface area contributed by atoms with E-state index in [1.165, 1.54) is 18.2 Å². The number of carbonyl (C=O) groups is 2. The number of allylic oxidation sites excluding steroid dienone is 2. The zero-order valence-corrected chi connectivity index (χ0v) is 14.5. The second-order valence-corrected chi connectivity index (χ2v) is 7.22. The maximum atomic E-state index is 12.9. The van der Waals surface area contributed by atoms with Gasteiger partial charge in [0.25, 0.3) is 0 Å². The van der Waals surface area contributed by atoms with Crippen LogP contribution in [0, 0.1) is 11.3 Å². The highest BCUT2D eigenvalue weighted by Gasteiger charge is 2.56. The van der Waals surface area contributed by atoms with Crippen LogP contribution in [0.2, 0.25) is 0 Å². The first-order valence-corrected chi connectivity index (χ1v) is 7.86. The van der Waals surface area contributed by atoms with Gasteiger partial charge in [0.1, 0.15) is 5.41 Å². The third kappa shape index (κ3) is 3.13. The minimum Gasteiger partial charge on any atom is -0.481 e. The fourth-order valence-corrected chi connectivity index (χ4v) is 3.44. The Morgan fingerprint density at radius 2 is 1.58 bits per heavy atom. The van der Waals surface area contributed by atoms with Gasteiger partial charge < -0.3 is 10.2 Å². The van der Waals surface area contributed by atoms with Crippen LogP contribution in [-0.2, 0) is 21.2 Å². The average Bonchev–Trinajstić information content (AvgIpc) is 2.52. The lowest BCUT2D eigenvalue weighted by atomic mass is 9.57. The second kappa shape index (κ2) is 6.30. The van der Waals surface area contributed by atoms with Gasteiger partial charge in [0, 0.05) is 0 Å². The lowest BCUT2D eigenvalue weighted by Crippen LogP contribution is -2.51. The Morgan fingerprint density at radius 1 is 1.04 bits per heavy atom. The van der Waals surface area contributed by atoms with E-state index in [9.17, 15) is 33.0 Å². The molecule has 0 saturated carbocycles. The highest BCUT2D eigenvalue weighted by Crippen LogP contribution is 2.50. The van der Waals surface area contributed by atoms with Gasteiger partial charge in [-0.3, -0.25) is 9.59 Å². The van der Waals surface area contributed by atoms with E-state index in [2.05, 4.69) is 0 Å². The summed E-state index contributed by atoms with van der Waals surface area (Å²) in [6.07, 6.45) is -0.310. The van der Waals surface area contributed by atoms with Gasteiger partial charge in [-0.2, -0.15) is 13.2 Å². The molecular weight excluding hydrogens is 349 g/mol. The third-order valence-electron chi connectivity index (χ3n) is 4.54. The molecule has 1 aromatic rings. The van der Waals surface area contributed by atoms with Crippen molar-refractivity contribution in [2.45, 2.75) is 32.4 Å². The minimum absolute atomic E-state index is 0.00377. The van der Waals surface area contributed by atoms with E-state index in [0.29, 0.717) is 5.57 Å². The molecule has 0 saturated heterocycles. The molecule has 2 unspecified atom stereocenters. The highest BCUT2D eigenvalue weighted by atomic mass is 19.4. The summed E-state index contributed by atoms with van der Waals surface area (Å²) < 4.78 is 38.6. The largest absolute Gasteiger partial charge is 0.481 e. The van der Waals surface area contributed by atoms with E-state index < -0.39 is 40.4 Å². The number of alkyl halides is 3. The average molecular weight is 368 g/mol. The van der Waals surface area contributed by atoms with Crippen LogP contribution >= 0.6 is 0 Å². The first-order valence-electron chi connectivity index (χ1n) is 7.86. The Kier molecular flexibility index (Phi) is 4.79. The fourth-order valence-electron chi connectivity index (χ4n) is 3.44. The number of halogens is 3. The summed E-state index contributed by atoms with van der Waals surface area (Å²) in [4.78, 5) is 24.2. The number of carboxylic acids is 2. The highest BCUT2D eigenvalue weighted by molar-refractivity contribution is 5.94. The van der Waals surface area contributed by atoms with E-state index in [1.54, 1.807) is 20.8 Å². The van der Waals surface area contributed by atoms with Crippen LogP contribution in [0.5, 0.6) is 0 Å². The van der Waals surface area contributed by atoms with E-state index in [1.807, 2.05) is 0 Å². The summed E-state index contributed by atoms with van der Waals surface area (Å²) in [6.45, 7) is 5.20. The molecule has 2 rings (SSSR count). The number of carboxylic acid groups (broad SMARTS) is 2. The summed E-state index contributed by atoms with van der Waals surface area (Å²) in [6, 6.07) is 3.65. The van der Waals surface area contributed by atoms with Crippen molar-refractivity contribution in [2.24, 2.45) is 11.3 Å².